The van der Waals surface area contributed by atoms with Gasteiger partial charge in [0.15, 0.2) is 0 Å². The lowest BCUT2D eigenvalue weighted by molar-refractivity contribution is 0.0793. The predicted molar refractivity (Wildman–Crippen MR) is 70.1 cm³/mol. The Balaban J connectivity index is 2.14. The van der Waals surface area contributed by atoms with Crippen LogP contribution in [-0.2, 0) is 0 Å². The van der Waals surface area contributed by atoms with Gasteiger partial charge in [0.25, 0.3) is 0 Å². The van der Waals surface area contributed by atoms with E-state index in [-0.39, 0.29) is 5.57 Å². The van der Waals surface area contributed by atoms with E-state index in [1.165, 1.54) is 45.1 Å². The van der Waals surface area contributed by atoms with Crippen LogP contribution in [0.25, 0.3) is 0 Å². The zero-order chi connectivity index (χ0) is 11.6. The number of fused-ring (bicyclic) bond motifs is 1. The molecule has 2 aliphatic rings. The van der Waals surface area contributed by atoms with Crippen molar-refractivity contribution in [1.82, 2.24) is 4.90 Å². The Hall–Kier alpha value is 0.0600. The van der Waals surface area contributed by atoms with Crippen LogP contribution in [0.5, 0.6) is 0 Å². The van der Waals surface area contributed by atoms with Gasteiger partial charge in [0.1, 0.15) is 5.57 Å². The molecule has 0 aromatic heterocycles. The fourth-order valence-corrected chi connectivity index (χ4v) is 3.51. The predicted octanol–water partition coefficient (Wildman–Crippen LogP) is 3.86. The number of piperidine rings is 1. The van der Waals surface area contributed by atoms with Crippen LogP contribution in [0.1, 0.15) is 51.9 Å². The van der Waals surface area contributed by atoms with Gasteiger partial charge in [0.05, 0.1) is 0 Å². The van der Waals surface area contributed by atoms with Crippen LogP contribution in [-0.4, -0.2) is 23.5 Å². The highest BCUT2D eigenvalue weighted by Gasteiger charge is 2.44. The minimum Gasteiger partial charge on any atom is -0.293 e. The molecule has 16 heavy (non-hydrogen) atoms. The van der Waals surface area contributed by atoms with Crippen molar-refractivity contribution in [2.75, 3.05) is 13.1 Å². The third kappa shape index (κ3) is 2.33. The molecule has 0 aromatic rings. The van der Waals surface area contributed by atoms with E-state index in [9.17, 15) is 4.39 Å². The molecule has 0 spiro atoms. The quantitative estimate of drug-likeness (QED) is 0.680. The first-order valence-electron chi connectivity index (χ1n) is 6.56. The zero-order valence-corrected chi connectivity index (χ0v) is 11.4. The second kappa shape index (κ2) is 5.14. The van der Waals surface area contributed by atoms with Gasteiger partial charge in [0, 0.05) is 12.1 Å². The van der Waals surface area contributed by atoms with Crippen molar-refractivity contribution >= 4 is 9.24 Å². The summed E-state index contributed by atoms with van der Waals surface area (Å²) >= 11 is 0. The minimum absolute atomic E-state index is 0.00901. The molecule has 2 atom stereocenters. The Morgan fingerprint density at radius 3 is 3.00 bits per heavy atom. The lowest BCUT2D eigenvalue weighted by Crippen LogP contribution is -2.47. The van der Waals surface area contributed by atoms with Crippen molar-refractivity contribution in [3.63, 3.8) is 0 Å². The number of unbranched alkanes of at least 4 members (excludes halogenated alkanes) is 1. The molecule has 0 radical (unpaired) electrons. The summed E-state index contributed by atoms with van der Waals surface area (Å²) in [5.74, 6) is 0. The van der Waals surface area contributed by atoms with Gasteiger partial charge in [-0.15, -0.1) is 0 Å². The maximum absolute atomic E-state index is 13.4. The lowest BCUT2D eigenvalue weighted by atomic mass is 9.81. The SMILES string of the molecule is CCCCC12CCCCN1C/C(=C(\F)P)C2. The van der Waals surface area contributed by atoms with Crippen LogP contribution in [0.4, 0.5) is 4.39 Å². The second-order valence-electron chi connectivity index (χ2n) is 5.33. The summed E-state index contributed by atoms with van der Waals surface area (Å²) in [6.07, 6.45) is 8.65. The normalized spacial score (nSPS) is 33.9. The summed E-state index contributed by atoms with van der Waals surface area (Å²) in [6.45, 7) is 4.29. The molecule has 1 nitrogen and oxygen atoms in total. The van der Waals surface area contributed by atoms with Crippen LogP contribution >= 0.6 is 9.24 Å². The largest absolute Gasteiger partial charge is 0.293 e. The molecule has 0 aromatic carbocycles. The Morgan fingerprint density at radius 1 is 1.50 bits per heavy atom. The molecular weight excluding hydrogens is 220 g/mol. The van der Waals surface area contributed by atoms with Crippen molar-refractivity contribution in [3.05, 3.63) is 11.1 Å². The maximum atomic E-state index is 13.4. The van der Waals surface area contributed by atoms with Gasteiger partial charge in [-0.25, -0.2) is 4.39 Å². The third-order valence-corrected chi connectivity index (χ3v) is 4.66. The summed E-state index contributed by atoms with van der Waals surface area (Å²) in [5, 5.41) is 0. The zero-order valence-electron chi connectivity index (χ0n) is 10.3. The fourth-order valence-electron chi connectivity index (χ4n) is 3.32. The van der Waals surface area contributed by atoms with Crippen molar-refractivity contribution in [2.45, 2.75) is 57.4 Å². The monoisotopic (exact) mass is 243 g/mol. The number of hydrogen-bond donors (Lipinski definition) is 0. The van der Waals surface area contributed by atoms with E-state index >= 15 is 0 Å². The molecule has 2 heterocycles. The van der Waals surface area contributed by atoms with Gasteiger partial charge in [-0.1, -0.05) is 35.4 Å². The Morgan fingerprint density at radius 2 is 2.31 bits per heavy atom. The van der Waals surface area contributed by atoms with E-state index in [1.807, 2.05) is 0 Å². The van der Waals surface area contributed by atoms with Gasteiger partial charge in [-0.2, -0.15) is 0 Å². The highest BCUT2D eigenvalue weighted by Crippen LogP contribution is 2.44. The number of halogens is 1. The molecule has 0 amide bonds. The molecule has 0 saturated carbocycles. The molecular formula is C13H23FNP. The molecule has 2 saturated heterocycles. The van der Waals surface area contributed by atoms with Crippen molar-refractivity contribution in [2.24, 2.45) is 0 Å². The highest BCUT2D eigenvalue weighted by atomic mass is 31.0. The lowest BCUT2D eigenvalue weighted by Gasteiger charge is -2.42. The second-order valence-corrected chi connectivity index (χ2v) is 5.84. The summed E-state index contributed by atoms with van der Waals surface area (Å²) in [7, 11) is 2.24. The van der Waals surface area contributed by atoms with Gasteiger partial charge >= 0.3 is 0 Å². The van der Waals surface area contributed by atoms with Gasteiger partial charge in [-0.3, -0.25) is 4.90 Å². The first-order chi connectivity index (χ1) is 7.68. The first kappa shape index (κ1) is 12.5. The van der Waals surface area contributed by atoms with Gasteiger partial charge < -0.3 is 0 Å². The molecule has 0 bridgehead atoms. The Kier molecular flexibility index (Phi) is 4.02. The van der Waals surface area contributed by atoms with E-state index < -0.39 is 0 Å². The summed E-state index contributed by atoms with van der Waals surface area (Å²) in [5.41, 5.74) is 1.34. The average molecular weight is 243 g/mol. The molecule has 92 valence electrons. The first-order valence-corrected chi connectivity index (χ1v) is 7.14. The number of hydrogen-bond acceptors (Lipinski definition) is 1. The summed E-state index contributed by atoms with van der Waals surface area (Å²) in [6, 6.07) is 0. The maximum Gasteiger partial charge on any atom is 0.116 e. The highest BCUT2D eigenvalue weighted by molar-refractivity contribution is 7.22. The molecule has 2 fully saturated rings. The topological polar surface area (TPSA) is 3.24 Å². The van der Waals surface area contributed by atoms with Gasteiger partial charge in [-0.05, 0) is 37.8 Å². The van der Waals surface area contributed by atoms with E-state index in [0.29, 0.717) is 5.54 Å². The van der Waals surface area contributed by atoms with Gasteiger partial charge in [0.2, 0.25) is 0 Å². The van der Waals surface area contributed by atoms with E-state index in [4.69, 9.17) is 0 Å². The van der Waals surface area contributed by atoms with Crippen LogP contribution in [0.15, 0.2) is 11.1 Å². The summed E-state index contributed by atoms with van der Waals surface area (Å²) in [4.78, 5) is 2.55. The Labute approximate surface area is 101 Å². The van der Waals surface area contributed by atoms with Crippen LogP contribution in [0.3, 0.4) is 0 Å². The molecule has 2 aliphatic heterocycles. The smallest absolute Gasteiger partial charge is 0.116 e. The Bertz CT molecular complexity index is 286. The average Bonchev–Trinajstić information content (AvgIpc) is 2.66. The van der Waals surface area contributed by atoms with Crippen molar-refractivity contribution < 1.29 is 4.39 Å². The summed E-state index contributed by atoms with van der Waals surface area (Å²) < 4.78 is 13.4. The van der Waals surface area contributed by atoms with Crippen LogP contribution in [0.2, 0.25) is 0 Å². The standard InChI is InChI=1S/C13H23FNP/c1-2-3-6-13-7-4-5-8-15(13)10-11(9-13)12(14)16/h2-10,16H2,1H3/b12-11+. The molecule has 2 rings (SSSR count). The molecule has 3 heteroatoms. The number of nitrogens with zero attached hydrogens (tertiary/aromatic N) is 1. The van der Waals surface area contributed by atoms with E-state index in [1.54, 1.807) is 0 Å². The molecule has 2 unspecified atom stereocenters. The van der Waals surface area contributed by atoms with E-state index in [2.05, 4.69) is 21.1 Å². The van der Waals surface area contributed by atoms with E-state index in [0.717, 1.165) is 18.5 Å². The molecule has 0 aliphatic carbocycles. The number of rotatable bonds is 3. The van der Waals surface area contributed by atoms with Crippen molar-refractivity contribution in [1.29, 1.82) is 0 Å². The molecule has 0 N–H and O–H groups in total. The van der Waals surface area contributed by atoms with Crippen LogP contribution < -0.4 is 0 Å². The third-order valence-electron chi connectivity index (χ3n) is 4.25. The van der Waals surface area contributed by atoms with Crippen LogP contribution in [0, 0.1) is 0 Å². The minimum atomic E-state index is -0.00901. The van der Waals surface area contributed by atoms with Crippen molar-refractivity contribution in [3.8, 4) is 0 Å². The fraction of sp³-hybridized carbons (Fsp3) is 0.846.